The van der Waals surface area contributed by atoms with Crippen LogP contribution < -0.4 is 0 Å². The van der Waals surface area contributed by atoms with E-state index >= 15 is 0 Å². The van der Waals surface area contributed by atoms with Gasteiger partial charge in [0.15, 0.2) is 0 Å². The van der Waals surface area contributed by atoms with Crippen LogP contribution in [0.5, 0.6) is 0 Å². The number of aliphatic hydroxyl groups excluding tert-OH is 1. The number of aromatic nitrogens is 2. The lowest BCUT2D eigenvalue weighted by atomic mass is 10.1. The van der Waals surface area contributed by atoms with Crippen molar-refractivity contribution in [2.75, 3.05) is 0 Å². The molecule has 1 heterocycles. The predicted octanol–water partition coefficient (Wildman–Crippen LogP) is 4.13. The Morgan fingerprint density at radius 2 is 1.53 bits per heavy atom. The molecule has 0 fully saturated rings. The number of hydrogen-bond acceptors (Lipinski definition) is 2. The summed E-state index contributed by atoms with van der Waals surface area (Å²) in [5, 5.41) is 13.8. The SMILES string of the molecule is CCCCCCCCCCn1nc(C)c(CO)c1C. The van der Waals surface area contributed by atoms with Crippen LogP contribution in [0.1, 0.15) is 75.2 Å². The van der Waals surface area contributed by atoms with Crippen LogP contribution in [0.4, 0.5) is 0 Å². The molecule has 0 unspecified atom stereocenters. The fourth-order valence-corrected chi connectivity index (χ4v) is 2.58. The second-order valence-corrected chi connectivity index (χ2v) is 5.51. The zero-order valence-electron chi connectivity index (χ0n) is 12.9. The average Bonchev–Trinajstić information content (AvgIpc) is 2.67. The number of aliphatic hydroxyl groups is 1. The average molecular weight is 266 g/mol. The lowest BCUT2D eigenvalue weighted by Gasteiger charge is -2.05. The van der Waals surface area contributed by atoms with Gasteiger partial charge in [0.05, 0.1) is 12.3 Å². The molecule has 0 saturated carbocycles. The van der Waals surface area contributed by atoms with Gasteiger partial charge in [-0.15, -0.1) is 0 Å². The van der Waals surface area contributed by atoms with Crippen LogP contribution in [-0.4, -0.2) is 14.9 Å². The highest BCUT2D eigenvalue weighted by Gasteiger charge is 2.09. The van der Waals surface area contributed by atoms with Crippen LogP contribution in [0, 0.1) is 13.8 Å². The number of nitrogens with zero attached hydrogens (tertiary/aromatic N) is 2. The van der Waals surface area contributed by atoms with Crippen LogP contribution in [0.2, 0.25) is 0 Å². The first kappa shape index (κ1) is 16.2. The third-order valence-electron chi connectivity index (χ3n) is 3.91. The van der Waals surface area contributed by atoms with Crippen molar-refractivity contribution in [3.63, 3.8) is 0 Å². The molecule has 0 aliphatic heterocycles. The Morgan fingerprint density at radius 1 is 0.947 bits per heavy atom. The first-order chi connectivity index (χ1) is 9.20. The molecule has 0 radical (unpaired) electrons. The first-order valence-corrected chi connectivity index (χ1v) is 7.84. The summed E-state index contributed by atoms with van der Waals surface area (Å²) in [6, 6.07) is 0. The zero-order valence-corrected chi connectivity index (χ0v) is 12.9. The fraction of sp³-hybridized carbons (Fsp3) is 0.812. The van der Waals surface area contributed by atoms with Crippen LogP contribution in [-0.2, 0) is 13.2 Å². The largest absolute Gasteiger partial charge is 0.392 e. The summed E-state index contributed by atoms with van der Waals surface area (Å²) in [4.78, 5) is 0. The van der Waals surface area contributed by atoms with E-state index in [-0.39, 0.29) is 6.61 Å². The van der Waals surface area contributed by atoms with Gasteiger partial charge in [-0.2, -0.15) is 5.10 Å². The Hall–Kier alpha value is -0.830. The van der Waals surface area contributed by atoms with E-state index in [1.54, 1.807) is 0 Å². The van der Waals surface area contributed by atoms with Gasteiger partial charge < -0.3 is 5.11 Å². The van der Waals surface area contributed by atoms with Gasteiger partial charge in [0.25, 0.3) is 0 Å². The lowest BCUT2D eigenvalue weighted by molar-refractivity contribution is 0.280. The van der Waals surface area contributed by atoms with Gasteiger partial charge in [0.2, 0.25) is 0 Å². The molecule has 0 spiro atoms. The second-order valence-electron chi connectivity index (χ2n) is 5.51. The summed E-state index contributed by atoms with van der Waals surface area (Å²) >= 11 is 0. The van der Waals surface area contributed by atoms with Crippen LogP contribution in [0.25, 0.3) is 0 Å². The van der Waals surface area contributed by atoms with Crippen molar-refractivity contribution in [1.29, 1.82) is 0 Å². The van der Waals surface area contributed by atoms with Gasteiger partial charge in [-0.1, -0.05) is 51.9 Å². The molecule has 0 aliphatic carbocycles. The summed E-state index contributed by atoms with van der Waals surface area (Å²) in [5.41, 5.74) is 3.10. The normalized spacial score (nSPS) is 11.2. The molecule has 0 atom stereocenters. The number of hydrogen-bond donors (Lipinski definition) is 1. The maximum Gasteiger partial charge on any atom is 0.0718 e. The van der Waals surface area contributed by atoms with Gasteiger partial charge in [-0.25, -0.2) is 0 Å². The van der Waals surface area contributed by atoms with E-state index in [0.29, 0.717) is 0 Å². The monoisotopic (exact) mass is 266 g/mol. The molecule has 3 heteroatoms. The van der Waals surface area contributed by atoms with Crippen LogP contribution in [0.15, 0.2) is 0 Å². The summed E-state index contributed by atoms with van der Waals surface area (Å²) in [6.07, 6.45) is 10.7. The predicted molar refractivity (Wildman–Crippen MR) is 80.2 cm³/mol. The third-order valence-corrected chi connectivity index (χ3v) is 3.91. The molecule has 1 aromatic heterocycles. The summed E-state index contributed by atoms with van der Waals surface area (Å²) in [6.45, 7) is 7.38. The van der Waals surface area contributed by atoms with E-state index < -0.39 is 0 Å². The molecule has 110 valence electrons. The van der Waals surface area contributed by atoms with Crippen LogP contribution >= 0.6 is 0 Å². The summed E-state index contributed by atoms with van der Waals surface area (Å²) < 4.78 is 2.05. The number of aryl methyl sites for hydroxylation is 2. The molecular formula is C16H30N2O. The summed E-state index contributed by atoms with van der Waals surface area (Å²) in [5.74, 6) is 0. The van der Waals surface area contributed by atoms with Crippen molar-refractivity contribution in [2.24, 2.45) is 0 Å². The minimum absolute atomic E-state index is 0.106. The van der Waals surface area contributed by atoms with Crippen molar-refractivity contribution in [2.45, 2.75) is 85.3 Å². The molecule has 1 N–H and O–H groups in total. The van der Waals surface area contributed by atoms with Crippen molar-refractivity contribution < 1.29 is 5.11 Å². The quantitative estimate of drug-likeness (QED) is 0.646. The van der Waals surface area contributed by atoms with E-state index in [4.69, 9.17) is 0 Å². The molecular weight excluding hydrogens is 236 g/mol. The molecule has 3 nitrogen and oxygen atoms in total. The molecule has 19 heavy (non-hydrogen) atoms. The van der Waals surface area contributed by atoms with Gasteiger partial charge in [0.1, 0.15) is 0 Å². The standard InChI is InChI=1S/C16H30N2O/c1-4-5-6-7-8-9-10-11-12-18-15(3)16(13-19)14(2)17-18/h19H,4-13H2,1-3H3. The molecule has 1 aromatic rings. The van der Waals surface area contributed by atoms with Crippen molar-refractivity contribution in [3.05, 3.63) is 17.0 Å². The van der Waals surface area contributed by atoms with Crippen molar-refractivity contribution in [1.82, 2.24) is 9.78 Å². The highest BCUT2D eigenvalue weighted by Crippen LogP contribution is 2.14. The summed E-state index contributed by atoms with van der Waals surface area (Å²) in [7, 11) is 0. The lowest BCUT2D eigenvalue weighted by Crippen LogP contribution is -2.03. The number of unbranched alkanes of at least 4 members (excludes halogenated alkanes) is 7. The van der Waals surface area contributed by atoms with Gasteiger partial charge in [0, 0.05) is 17.8 Å². The molecule has 0 bridgehead atoms. The molecule has 0 saturated heterocycles. The Bertz CT molecular complexity index is 358. The maximum atomic E-state index is 9.27. The molecule has 0 aromatic carbocycles. The Balaban J connectivity index is 2.16. The Morgan fingerprint density at radius 3 is 2.05 bits per heavy atom. The highest BCUT2D eigenvalue weighted by molar-refractivity contribution is 5.23. The molecule has 0 aliphatic rings. The second kappa shape index (κ2) is 9.13. The van der Waals surface area contributed by atoms with E-state index in [9.17, 15) is 5.11 Å². The highest BCUT2D eigenvalue weighted by atomic mass is 16.3. The first-order valence-electron chi connectivity index (χ1n) is 7.84. The minimum atomic E-state index is 0.106. The van der Waals surface area contributed by atoms with E-state index in [2.05, 4.69) is 23.6 Å². The molecule has 0 amide bonds. The van der Waals surface area contributed by atoms with E-state index in [0.717, 1.165) is 23.5 Å². The topological polar surface area (TPSA) is 38.0 Å². The van der Waals surface area contributed by atoms with Gasteiger partial charge in [-0.3, -0.25) is 4.68 Å². The van der Waals surface area contributed by atoms with Gasteiger partial charge in [-0.05, 0) is 20.3 Å². The minimum Gasteiger partial charge on any atom is -0.392 e. The maximum absolute atomic E-state index is 9.27. The molecule has 1 rings (SSSR count). The van der Waals surface area contributed by atoms with Crippen molar-refractivity contribution in [3.8, 4) is 0 Å². The Kier molecular flexibility index (Phi) is 7.80. The van der Waals surface area contributed by atoms with Crippen molar-refractivity contribution >= 4 is 0 Å². The van der Waals surface area contributed by atoms with E-state index in [1.165, 1.54) is 51.4 Å². The number of rotatable bonds is 10. The Labute approximate surface area is 118 Å². The van der Waals surface area contributed by atoms with Crippen LogP contribution in [0.3, 0.4) is 0 Å². The third kappa shape index (κ3) is 5.35. The smallest absolute Gasteiger partial charge is 0.0718 e. The van der Waals surface area contributed by atoms with Gasteiger partial charge >= 0.3 is 0 Å². The fourth-order valence-electron chi connectivity index (χ4n) is 2.58. The van der Waals surface area contributed by atoms with E-state index in [1.807, 2.05) is 6.92 Å². The zero-order chi connectivity index (χ0) is 14.1.